The second kappa shape index (κ2) is 4.83. The second-order valence-corrected chi connectivity index (χ2v) is 4.67. The molecule has 0 amide bonds. The van der Waals surface area contributed by atoms with Gasteiger partial charge in [-0.05, 0) is 43.9 Å². The lowest BCUT2D eigenvalue weighted by atomic mass is 9.90. The topological polar surface area (TPSA) is 29.3 Å². The zero-order valence-electron chi connectivity index (χ0n) is 9.70. The molecule has 0 heterocycles. The summed E-state index contributed by atoms with van der Waals surface area (Å²) >= 11 is 0. The van der Waals surface area contributed by atoms with E-state index >= 15 is 0 Å². The molecule has 0 saturated heterocycles. The molecule has 16 heavy (non-hydrogen) atoms. The van der Waals surface area contributed by atoms with E-state index in [0.717, 1.165) is 24.9 Å². The summed E-state index contributed by atoms with van der Waals surface area (Å²) in [6.45, 7) is 0. The number of anilines is 1. The highest BCUT2D eigenvalue weighted by molar-refractivity contribution is 5.46. The number of nitrogens with zero attached hydrogens (tertiary/aromatic N) is 1. The molecular formula is C13H19FN2. The number of rotatable bonds is 2. The molecule has 2 atom stereocenters. The van der Waals surface area contributed by atoms with Gasteiger partial charge in [0.25, 0.3) is 0 Å². The SMILES string of the molecule is CN(c1cccc(F)c1)C1CCCC(N)C1. The number of hydrogen-bond donors (Lipinski definition) is 1. The Labute approximate surface area is 96.2 Å². The van der Waals surface area contributed by atoms with Crippen LogP contribution in [-0.2, 0) is 0 Å². The van der Waals surface area contributed by atoms with Gasteiger partial charge in [-0.3, -0.25) is 0 Å². The molecule has 0 bridgehead atoms. The molecule has 1 aromatic carbocycles. The molecule has 2 rings (SSSR count). The Hall–Kier alpha value is -1.09. The van der Waals surface area contributed by atoms with Crippen molar-refractivity contribution in [2.24, 2.45) is 5.73 Å². The monoisotopic (exact) mass is 222 g/mol. The van der Waals surface area contributed by atoms with Crippen molar-refractivity contribution in [1.82, 2.24) is 0 Å². The van der Waals surface area contributed by atoms with E-state index in [1.165, 1.54) is 12.5 Å². The number of nitrogens with two attached hydrogens (primary N) is 1. The van der Waals surface area contributed by atoms with Crippen LogP contribution in [0.3, 0.4) is 0 Å². The summed E-state index contributed by atoms with van der Waals surface area (Å²) < 4.78 is 13.1. The maximum absolute atomic E-state index is 13.1. The minimum absolute atomic E-state index is 0.176. The molecule has 0 spiro atoms. The normalized spacial score (nSPS) is 25.4. The zero-order chi connectivity index (χ0) is 11.5. The Balaban J connectivity index is 2.09. The van der Waals surface area contributed by atoms with Crippen LogP contribution in [-0.4, -0.2) is 19.1 Å². The van der Waals surface area contributed by atoms with Gasteiger partial charge in [0.1, 0.15) is 5.82 Å². The Morgan fingerprint density at radius 1 is 1.38 bits per heavy atom. The molecule has 0 aliphatic heterocycles. The summed E-state index contributed by atoms with van der Waals surface area (Å²) in [7, 11) is 2.03. The molecule has 2 nitrogen and oxygen atoms in total. The molecule has 1 saturated carbocycles. The molecular weight excluding hydrogens is 203 g/mol. The van der Waals surface area contributed by atoms with Crippen molar-refractivity contribution in [2.45, 2.75) is 37.8 Å². The summed E-state index contributed by atoms with van der Waals surface area (Å²) in [6, 6.07) is 7.51. The first-order chi connectivity index (χ1) is 7.66. The summed E-state index contributed by atoms with van der Waals surface area (Å²) in [6.07, 6.45) is 4.45. The van der Waals surface area contributed by atoms with Crippen LogP contribution < -0.4 is 10.6 Å². The zero-order valence-corrected chi connectivity index (χ0v) is 9.70. The fourth-order valence-electron chi connectivity index (χ4n) is 2.46. The Morgan fingerprint density at radius 2 is 2.19 bits per heavy atom. The van der Waals surface area contributed by atoms with Gasteiger partial charge in [-0.2, -0.15) is 0 Å². The molecule has 3 heteroatoms. The Morgan fingerprint density at radius 3 is 2.88 bits per heavy atom. The van der Waals surface area contributed by atoms with E-state index in [1.807, 2.05) is 13.1 Å². The van der Waals surface area contributed by atoms with Gasteiger partial charge in [-0.1, -0.05) is 6.07 Å². The molecule has 2 unspecified atom stereocenters. The predicted molar refractivity (Wildman–Crippen MR) is 65.0 cm³/mol. The van der Waals surface area contributed by atoms with Crippen LogP contribution >= 0.6 is 0 Å². The molecule has 0 radical (unpaired) electrons. The van der Waals surface area contributed by atoms with Gasteiger partial charge in [0, 0.05) is 24.8 Å². The predicted octanol–water partition coefficient (Wildman–Crippen LogP) is 2.53. The molecule has 1 aliphatic carbocycles. The van der Waals surface area contributed by atoms with E-state index < -0.39 is 0 Å². The first kappa shape index (κ1) is 11.4. The van der Waals surface area contributed by atoms with E-state index in [0.29, 0.717) is 12.1 Å². The number of halogens is 1. The summed E-state index contributed by atoms with van der Waals surface area (Å²) in [4.78, 5) is 2.15. The summed E-state index contributed by atoms with van der Waals surface area (Å²) in [5, 5.41) is 0. The van der Waals surface area contributed by atoms with Crippen LogP contribution in [0.4, 0.5) is 10.1 Å². The molecule has 2 N–H and O–H groups in total. The molecule has 1 aliphatic rings. The van der Waals surface area contributed by atoms with Crippen LogP contribution in [0.1, 0.15) is 25.7 Å². The first-order valence-electron chi connectivity index (χ1n) is 5.91. The second-order valence-electron chi connectivity index (χ2n) is 4.67. The molecule has 0 aromatic heterocycles. The smallest absolute Gasteiger partial charge is 0.125 e. The largest absolute Gasteiger partial charge is 0.371 e. The number of hydrogen-bond acceptors (Lipinski definition) is 2. The first-order valence-corrected chi connectivity index (χ1v) is 5.91. The lowest BCUT2D eigenvalue weighted by molar-refractivity contribution is 0.382. The van der Waals surface area contributed by atoms with Gasteiger partial charge in [-0.25, -0.2) is 4.39 Å². The minimum atomic E-state index is -0.176. The third-order valence-corrected chi connectivity index (χ3v) is 3.45. The molecule has 1 fully saturated rings. The highest BCUT2D eigenvalue weighted by Crippen LogP contribution is 2.25. The van der Waals surface area contributed by atoms with E-state index in [-0.39, 0.29) is 5.82 Å². The van der Waals surface area contributed by atoms with Gasteiger partial charge in [0.05, 0.1) is 0 Å². The molecule has 88 valence electrons. The van der Waals surface area contributed by atoms with Crippen molar-refractivity contribution in [2.75, 3.05) is 11.9 Å². The van der Waals surface area contributed by atoms with E-state index in [9.17, 15) is 4.39 Å². The van der Waals surface area contributed by atoms with E-state index in [4.69, 9.17) is 5.73 Å². The number of benzene rings is 1. The van der Waals surface area contributed by atoms with Crippen molar-refractivity contribution < 1.29 is 4.39 Å². The quantitative estimate of drug-likeness (QED) is 0.833. The highest BCUT2D eigenvalue weighted by Gasteiger charge is 2.22. The van der Waals surface area contributed by atoms with Crippen molar-refractivity contribution >= 4 is 5.69 Å². The van der Waals surface area contributed by atoms with Gasteiger partial charge in [0.15, 0.2) is 0 Å². The van der Waals surface area contributed by atoms with E-state index in [1.54, 1.807) is 12.1 Å². The lowest BCUT2D eigenvalue weighted by Crippen LogP contribution is -2.40. The summed E-state index contributed by atoms with van der Waals surface area (Å²) in [5.74, 6) is -0.176. The van der Waals surface area contributed by atoms with Crippen molar-refractivity contribution in [3.05, 3.63) is 30.1 Å². The van der Waals surface area contributed by atoms with E-state index in [2.05, 4.69) is 4.90 Å². The summed E-state index contributed by atoms with van der Waals surface area (Å²) in [5.41, 5.74) is 6.91. The third-order valence-electron chi connectivity index (χ3n) is 3.45. The minimum Gasteiger partial charge on any atom is -0.371 e. The van der Waals surface area contributed by atoms with Crippen LogP contribution in [0.2, 0.25) is 0 Å². The van der Waals surface area contributed by atoms with Crippen LogP contribution in [0.25, 0.3) is 0 Å². The standard InChI is InChI=1S/C13H19FN2/c1-16(12-6-2-4-10(14)8-12)13-7-3-5-11(15)9-13/h2,4,6,8,11,13H,3,5,7,9,15H2,1H3. The Kier molecular flexibility index (Phi) is 3.44. The maximum Gasteiger partial charge on any atom is 0.125 e. The van der Waals surface area contributed by atoms with Gasteiger partial charge < -0.3 is 10.6 Å². The molecule has 1 aromatic rings. The van der Waals surface area contributed by atoms with Crippen LogP contribution in [0.15, 0.2) is 24.3 Å². The van der Waals surface area contributed by atoms with Gasteiger partial charge in [0.2, 0.25) is 0 Å². The van der Waals surface area contributed by atoms with Crippen molar-refractivity contribution in [1.29, 1.82) is 0 Å². The highest BCUT2D eigenvalue weighted by atomic mass is 19.1. The lowest BCUT2D eigenvalue weighted by Gasteiger charge is -2.35. The Bertz CT molecular complexity index is 354. The van der Waals surface area contributed by atoms with Crippen molar-refractivity contribution in [3.8, 4) is 0 Å². The average molecular weight is 222 g/mol. The van der Waals surface area contributed by atoms with Crippen LogP contribution in [0, 0.1) is 5.82 Å². The van der Waals surface area contributed by atoms with Crippen LogP contribution in [0.5, 0.6) is 0 Å². The van der Waals surface area contributed by atoms with Gasteiger partial charge in [-0.15, -0.1) is 0 Å². The fourth-order valence-corrected chi connectivity index (χ4v) is 2.46. The van der Waals surface area contributed by atoms with Gasteiger partial charge >= 0.3 is 0 Å². The fraction of sp³-hybridized carbons (Fsp3) is 0.538. The third kappa shape index (κ3) is 2.53. The average Bonchev–Trinajstić information content (AvgIpc) is 2.28. The maximum atomic E-state index is 13.1. The van der Waals surface area contributed by atoms with Crippen molar-refractivity contribution in [3.63, 3.8) is 0 Å².